The Labute approximate surface area is 495 Å². The number of carbonyl (C=O) groups excluding carboxylic acids is 6. The predicted molar refractivity (Wildman–Crippen MR) is 319 cm³/mol. The van der Waals surface area contributed by atoms with Crippen molar-refractivity contribution in [2.75, 3.05) is 70.5 Å². The fourth-order valence-corrected chi connectivity index (χ4v) is 10.5. The van der Waals surface area contributed by atoms with Gasteiger partial charge in [0, 0.05) is 43.5 Å². The summed E-state index contributed by atoms with van der Waals surface area (Å²) < 4.78 is 35.2. The highest BCUT2D eigenvalue weighted by Crippen LogP contribution is 2.43. The average Bonchev–Trinajstić information content (AvgIpc) is 1.98. The number of rotatable bonds is 28. The molecule has 0 aliphatic carbocycles. The summed E-state index contributed by atoms with van der Waals surface area (Å²) in [5, 5.41) is 30.0. The number of unbranched alkanes of at least 4 members (excludes halogenated alkanes) is 3. The first-order chi connectivity index (χ1) is 40.9. The number of carbonyl (C=O) groups is 6. The molecule has 6 amide bonds. The van der Waals surface area contributed by atoms with Crippen LogP contribution in [0.25, 0.3) is 0 Å². The number of methoxy groups -OCH3 is 2. The SMILES string of the molecule is C=C1CC2C=Nc3cc(OCCCCCOc4cc5c(cc4OC)C(=O)N4CC(=C)CC4C(O)N5C(=O)OCc4ccc(NC(=O)C(CCCCN)NC(=O)C(Cc5ccccc5)NC(=O)CCOC(C)(C)CO)cc4)c(OC)cc3C(=O)N2C1. The molecule has 22 heteroatoms. The molecule has 5 atom stereocenters. The van der Waals surface area contributed by atoms with Crippen LogP contribution in [0.3, 0.4) is 0 Å². The summed E-state index contributed by atoms with van der Waals surface area (Å²) >= 11 is 0. The van der Waals surface area contributed by atoms with Crippen molar-refractivity contribution >= 4 is 58.9 Å². The minimum Gasteiger partial charge on any atom is -0.493 e. The van der Waals surface area contributed by atoms with Crippen molar-refractivity contribution in [3.63, 3.8) is 0 Å². The van der Waals surface area contributed by atoms with E-state index >= 15 is 0 Å². The minimum absolute atomic E-state index is 0.0178. The first-order valence-corrected chi connectivity index (χ1v) is 28.7. The van der Waals surface area contributed by atoms with Crippen molar-refractivity contribution in [2.45, 2.75) is 121 Å². The second-order valence-electron chi connectivity index (χ2n) is 22.2. The van der Waals surface area contributed by atoms with E-state index in [1.807, 2.05) is 30.3 Å². The van der Waals surface area contributed by atoms with E-state index < -0.39 is 59.7 Å². The Morgan fingerprint density at radius 3 is 2.09 bits per heavy atom. The minimum atomic E-state index is -1.54. The molecule has 0 spiro atoms. The molecule has 0 radical (unpaired) electrons. The molecule has 4 heterocycles. The van der Waals surface area contributed by atoms with Crippen molar-refractivity contribution in [1.82, 2.24) is 20.4 Å². The molecule has 4 aromatic carbocycles. The number of anilines is 2. The predicted octanol–water partition coefficient (Wildman–Crippen LogP) is 6.52. The molecule has 4 aromatic rings. The summed E-state index contributed by atoms with van der Waals surface area (Å²) in [4.78, 5) is 91.9. The van der Waals surface area contributed by atoms with E-state index in [2.05, 4.69) is 34.1 Å². The molecule has 0 bridgehead atoms. The molecule has 0 saturated carbocycles. The fourth-order valence-electron chi connectivity index (χ4n) is 10.5. The summed E-state index contributed by atoms with van der Waals surface area (Å²) in [6, 6.07) is 19.1. The van der Waals surface area contributed by atoms with Crippen molar-refractivity contribution < 1.29 is 67.4 Å². The highest BCUT2D eigenvalue weighted by Gasteiger charge is 2.46. The Morgan fingerprint density at radius 1 is 0.753 bits per heavy atom. The van der Waals surface area contributed by atoms with Gasteiger partial charge >= 0.3 is 6.09 Å². The molecule has 22 nitrogen and oxygen atoms in total. The maximum atomic E-state index is 14.3. The molecule has 0 aromatic heterocycles. The number of hydrogen-bond donors (Lipinski definition) is 6. The van der Waals surface area contributed by atoms with E-state index in [-0.39, 0.29) is 93.4 Å². The fraction of sp³-hybridized carbons (Fsp3) is 0.444. The van der Waals surface area contributed by atoms with E-state index in [1.54, 1.807) is 61.4 Å². The van der Waals surface area contributed by atoms with Gasteiger partial charge < -0.3 is 70.1 Å². The van der Waals surface area contributed by atoms with Crippen LogP contribution < -0.4 is 45.5 Å². The van der Waals surface area contributed by atoms with E-state index in [9.17, 15) is 39.0 Å². The summed E-state index contributed by atoms with van der Waals surface area (Å²) in [6.45, 7) is 12.6. The number of aliphatic imine (C=N–C) groups is 1. The summed E-state index contributed by atoms with van der Waals surface area (Å²) in [7, 11) is 2.96. The Kier molecular flexibility index (Phi) is 21.4. The lowest BCUT2D eigenvalue weighted by Gasteiger charge is -2.31. The number of benzene rings is 4. The molecule has 454 valence electrons. The van der Waals surface area contributed by atoms with Gasteiger partial charge in [-0.25, -0.2) is 9.69 Å². The summed E-state index contributed by atoms with van der Waals surface area (Å²) in [5.41, 5.74) is 9.42. The van der Waals surface area contributed by atoms with E-state index in [0.29, 0.717) is 97.8 Å². The number of nitrogens with zero attached hydrogens (tertiary/aromatic N) is 4. The third-order valence-electron chi connectivity index (χ3n) is 15.2. The number of aliphatic hydroxyl groups is 2. The van der Waals surface area contributed by atoms with Crippen molar-refractivity contribution in [3.05, 3.63) is 125 Å². The number of ether oxygens (including phenoxy) is 6. The number of aliphatic hydroxyl groups excluding tert-OH is 2. The van der Waals surface area contributed by atoms with Crippen LogP contribution in [0.1, 0.15) is 103 Å². The van der Waals surface area contributed by atoms with Gasteiger partial charge in [0.1, 0.15) is 18.7 Å². The third kappa shape index (κ3) is 15.9. The zero-order valence-corrected chi connectivity index (χ0v) is 48.8. The highest BCUT2D eigenvalue weighted by atomic mass is 16.6. The van der Waals surface area contributed by atoms with Crippen LogP contribution in [0.4, 0.5) is 21.9 Å². The molecule has 85 heavy (non-hydrogen) atoms. The number of amides is 6. The number of nitrogens with one attached hydrogen (secondary N) is 3. The second-order valence-corrected chi connectivity index (χ2v) is 22.2. The summed E-state index contributed by atoms with van der Waals surface area (Å²) in [6.07, 6.45) is 3.62. The number of nitrogens with two attached hydrogens (primary N) is 1. The Hall–Kier alpha value is -8.31. The normalized spacial score (nSPS) is 17.8. The monoisotopic (exact) mass is 1170 g/mol. The molecule has 7 N–H and O–H groups in total. The molecular weight excluding hydrogens is 1090 g/mol. The first-order valence-electron chi connectivity index (χ1n) is 28.7. The van der Waals surface area contributed by atoms with Crippen LogP contribution in [-0.2, 0) is 36.9 Å². The van der Waals surface area contributed by atoms with Crippen LogP contribution in [0, 0.1) is 0 Å². The highest BCUT2D eigenvalue weighted by molar-refractivity contribution is 6.06. The number of fused-ring (bicyclic) bond motifs is 4. The maximum Gasteiger partial charge on any atom is 0.416 e. The van der Waals surface area contributed by atoms with Gasteiger partial charge in [-0.05, 0) is 107 Å². The van der Waals surface area contributed by atoms with E-state index in [4.69, 9.17) is 34.2 Å². The molecule has 8 rings (SSSR count). The van der Waals surface area contributed by atoms with Gasteiger partial charge in [0.05, 0.1) is 87.3 Å². The van der Waals surface area contributed by atoms with Gasteiger partial charge in [0.25, 0.3) is 11.8 Å². The standard InChI is InChI=1S/C63H78N8O14/c1-39-27-44-34-65-48-32-54(52(80-5)30-45(48)59(76)69(44)35-39)82-24-13-8-14-25-83-55-33-50-46(31-53(55)81-6)60(77)70-36-40(2)28-51(70)61(78)71(50)62(79)84-37-42-18-20-43(21-19-42)66-57(74)47(17-11-12-23-64)68-58(75)49(29-41-15-9-7-10-16-41)67-56(73)22-26-85-63(3,4)38-72/h7,9-10,15-16,18-21,30-34,44,47,49,51,61,72,78H,1-2,8,11-14,17,22-29,35-38,64H2,3-6H3,(H,66,74)(H,67,73)(H,68,75). The molecule has 4 aliphatic rings. The molecule has 2 fully saturated rings. The van der Waals surface area contributed by atoms with Gasteiger partial charge in [0.2, 0.25) is 17.7 Å². The lowest BCUT2D eigenvalue weighted by Crippen LogP contribution is -2.53. The Balaban J connectivity index is 0.888. The lowest BCUT2D eigenvalue weighted by molar-refractivity contribution is -0.132. The lowest BCUT2D eigenvalue weighted by atomic mass is 10.0. The van der Waals surface area contributed by atoms with Crippen molar-refractivity contribution in [1.29, 1.82) is 0 Å². The summed E-state index contributed by atoms with van der Waals surface area (Å²) in [5.74, 6) is -0.717. The van der Waals surface area contributed by atoms with Crippen molar-refractivity contribution in [2.24, 2.45) is 10.7 Å². The van der Waals surface area contributed by atoms with Crippen LogP contribution in [-0.4, -0.2) is 158 Å². The van der Waals surface area contributed by atoms with Crippen LogP contribution in [0.15, 0.2) is 108 Å². The van der Waals surface area contributed by atoms with Gasteiger partial charge in [0.15, 0.2) is 29.2 Å². The van der Waals surface area contributed by atoms with E-state index in [1.165, 1.54) is 31.3 Å². The van der Waals surface area contributed by atoms with Gasteiger partial charge in [-0.1, -0.05) is 66.8 Å². The second kappa shape index (κ2) is 29.0. The van der Waals surface area contributed by atoms with Crippen LogP contribution in [0.5, 0.6) is 23.0 Å². The molecule has 4 aliphatic heterocycles. The zero-order chi connectivity index (χ0) is 60.8. The van der Waals surface area contributed by atoms with E-state index in [0.717, 1.165) is 16.0 Å². The Morgan fingerprint density at radius 2 is 1.41 bits per heavy atom. The zero-order valence-electron chi connectivity index (χ0n) is 48.8. The number of hydrogen-bond acceptors (Lipinski definition) is 16. The van der Waals surface area contributed by atoms with Crippen molar-refractivity contribution in [3.8, 4) is 23.0 Å². The van der Waals surface area contributed by atoms with Gasteiger partial charge in [-0.2, -0.15) is 0 Å². The Bertz CT molecular complexity index is 3120. The molecule has 2 saturated heterocycles. The van der Waals surface area contributed by atoms with Gasteiger partial charge in [-0.3, -0.25) is 29.0 Å². The van der Waals surface area contributed by atoms with Crippen LogP contribution in [0.2, 0.25) is 0 Å². The first kappa shape index (κ1) is 62.7. The largest absolute Gasteiger partial charge is 0.493 e. The quantitative estimate of drug-likeness (QED) is 0.0261. The third-order valence-corrected chi connectivity index (χ3v) is 15.2. The van der Waals surface area contributed by atoms with Gasteiger partial charge in [-0.15, -0.1) is 0 Å². The molecule has 5 unspecified atom stereocenters. The molecular formula is C63H78N8O14. The maximum absolute atomic E-state index is 14.3. The average molecular weight is 1170 g/mol. The smallest absolute Gasteiger partial charge is 0.416 e. The topological polar surface area (TPSA) is 282 Å². The van der Waals surface area contributed by atoms with Crippen LogP contribution >= 0.6 is 0 Å².